The van der Waals surface area contributed by atoms with Crippen LogP contribution in [-0.2, 0) is 19.6 Å². The minimum atomic E-state index is -4.04. The summed E-state index contributed by atoms with van der Waals surface area (Å²) in [4.78, 5) is 29.9. The van der Waals surface area contributed by atoms with Crippen LogP contribution in [0.4, 0.5) is 8.78 Å². The molecule has 0 radical (unpaired) electrons. The second-order valence-electron chi connectivity index (χ2n) is 7.82. The summed E-state index contributed by atoms with van der Waals surface area (Å²) in [5, 5.41) is 0. The lowest BCUT2D eigenvalue weighted by Gasteiger charge is -2.36. The van der Waals surface area contributed by atoms with Crippen LogP contribution in [0.15, 0.2) is 23.1 Å². The molecule has 1 aromatic rings. The molecule has 0 saturated carbocycles. The molecule has 2 aliphatic rings. The molecular formula is C20H28F2N4O4S. The molecule has 2 saturated heterocycles. The number of nitrogens with zero attached hydrogens (tertiary/aromatic N) is 3. The summed E-state index contributed by atoms with van der Waals surface area (Å²) in [7, 11) is -4.04. The SMILES string of the molecule is O=C(CCNS(=O)(=O)c1ccc(F)c(F)c1)N1CCN(CC(=O)N2CCCCC2)CC1. The molecule has 1 aromatic carbocycles. The van der Waals surface area contributed by atoms with E-state index in [9.17, 15) is 26.8 Å². The zero-order chi connectivity index (χ0) is 22.4. The monoisotopic (exact) mass is 458 g/mol. The summed E-state index contributed by atoms with van der Waals surface area (Å²) in [6.45, 7) is 3.97. The quantitative estimate of drug-likeness (QED) is 0.653. The highest BCUT2D eigenvalue weighted by Crippen LogP contribution is 2.14. The molecule has 2 fully saturated rings. The molecular weight excluding hydrogens is 430 g/mol. The summed E-state index contributed by atoms with van der Waals surface area (Å²) in [6, 6.07) is 2.31. The Labute approximate surface area is 181 Å². The van der Waals surface area contributed by atoms with Gasteiger partial charge < -0.3 is 9.80 Å². The highest BCUT2D eigenvalue weighted by molar-refractivity contribution is 7.89. The first-order valence-electron chi connectivity index (χ1n) is 10.5. The number of piperidine rings is 1. The van der Waals surface area contributed by atoms with Crippen molar-refractivity contribution in [3.63, 3.8) is 0 Å². The third kappa shape index (κ3) is 6.44. The Bertz CT molecular complexity index is 898. The highest BCUT2D eigenvalue weighted by Gasteiger charge is 2.25. The number of rotatable bonds is 7. The average Bonchev–Trinajstić information content (AvgIpc) is 2.76. The van der Waals surface area contributed by atoms with E-state index in [2.05, 4.69) is 4.72 Å². The molecule has 1 N–H and O–H groups in total. The van der Waals surface area contributed by atoms with E-state index in [1.165, 1.54) is 6.42 Å². The number of halogens is 2. The van der Waals surface area contributed by atoms with E-state index in [-0.39, 0.29) is 24.8 Å². The number of carbonyl (C=O) groups is 2. The predicted octanol–water partition coefficient (Wildman–Crippen LogP) is 0.790. The van der Waals surface area contributed by atoms with E-state index in [1.54, 1.807) is 4.90 Å². The number of hydrogen-bond acceptors (Lipinski definition) is 5. The van der Waals surface area contributed by atoms with Crippen molar-refractivity contribution >= 4 is 21.8 Å². The topological polar surface area (TPSA) is 90.0 Å². The van der Waals surface area contributed by atoms with Crippen LogP contribution in [0.1, 0.15) is 25.7 Å². The zero-order valence-corrected chi connectivity index (χ0v) is 18.2. The van der Waals surface area contributed by atoms with Crippen molar-refractivity contribution in [2.75, 3.05) is 52.4 Å². The van der Waals surface area contributed by atoms with Gasteiger partial charge in [0.2, 0.25) is 21.8 Å². The van der Waals surface area contributed by atoms with Crippen LogP contribution in [0.5, 0.6) is 0 Å². The van der Waals surface area contributed by atoms with E-state index in [1.807, 2.05) is 9.80 Å². The normalized spacial score (nSPS) is 18.3. The smallest absolute Gasteiger partial charge is 0.240 e. The van der Waals surface area contributed by atoms with Gasteiger partial charge >= 0.3 is 0 Å². The summed E-state index contributed by atoms with van der Waals surface area (Å²) < 4.78 is 52.8. The van der Waals surface area contributed by atoms with Crippen molar-refractivity contribution in [1.29, 1.82) is 0 Å². The zero-order valence-electron chi connectivity index (χ0n) is 17.4. The first-order chi connectivity index (χ1) is 14.8. The predicted molar refractivity (Wildman–Crippen MR) is 110 cm³/mol. The van der Waals surface area contributed by atoms with Crippen molar-refractivity contribution in [3.8, 4) is 0 Å². The van der Waals surface area contributed by atoms with Gasteiger partial charge in [-0.15, -0.1) is 0 Å². The van der Waals surface area contributed by atoms with Gasteiger partial charge in [0, 0.05) is 52.2 Å². The number of piperazine rings is 1. The van der Waals surface area contributed by atoms with Crippen LogP contribution in [0, 0.1) is 11.6 Å². The molecule has 0 bridgehead atoms. The van der Waals surface area contributed by atoms with E-state index in [4.69, 9.17) is 0 Å². The number of nitrogens with one attached hydrogen (secondary N) is 1. The molecule has 2 heterocycles. The first-order valence-corrected chi connectivity index (χ1v) is 12.0. The molecule has 0 unspecified atom stereocenters. The van der Waals surface area contributed by atoms with Gasteiger partial charge in [0.1, 0.15) is 0 Å². The van der Waals surface area contributed by atoms with Crippen LogP contribution in [-0.4, -0.2) is 87.3 Å². The molecule has 8 nitrogen and oxygen atoms in total. The highest BCUT2D eigenvalue weighted by atomic mass is 32.2. The Morgan fingerprint density at radius 3 is 2.16 bits per heavy atom. The minimum Gasteiger partial charge on any atom is -0.342 e. The fourth-order valence-electron chi connectivity index (χ4n) is 3.77. The Morgan fingerprint density at radius 1 is 0.871 bits per heavy atom. The molecule has 2 amide bonds. The van der Waals surface area contributed by atoms with Crippen LogP contribution in [0.2, 0.25) is 0 Å². The van der Waals surface area contributed by atoms with Gasteiger partial charge in [-0.25, -0.2) is 21.9 Å². The van der Waals surface area contributed by atoms with Gasteiger partial charge in [0.05, 0.1) is 11.4 Å². The molecule has 31 heavy (non-hydrogen) atoms. The largest absolute Gasteiger partial charge is 0.342 e. The maximum absolute atomic E-state index is 13.3. The van der Waals surface area contributed by atoms with Gasteiger partial charge in [0.15, 0.2) is 11.6 Å². The lowest BCUT2D eigenvalue weighted by Crippen LogP contribution is -2.52. The van der Waals surface area contributed by atoms with E-state index in [0.717, 1.165) is 38.1 Å². The number of benzene rings is 1. The van der Waals surface area contributed by atoms with Crippen molar-refractivity contribution in [2.24, 2.45) is 0 Å². The summed E-state index contributed by atoms with van der Waals surface area (Å²) in [5.41, 5.74) is 0. The molecule has 11 heteroatoms. The van der Waals surface area contributed by atoms with Gasteiger partial charge in [0.25, 0.3) is 0 Å². The first kappa shape index (κ1) is 23.6. The Morgan fingerprint density at radius 2 is 1.52 bits per heavy atom. The van der Waals surface area contributed by atoms with Gasteiger partial charge in [-0.3, -0.25) is 14.5 Å². The van der Waals surface area contributed by atoms with Crippen molar-refractivity contribution in [1.82, 2.24) is 19.4 Å². The molecule has 2 aliphatic heterocycles. The van der Waals surface area contributed by atoms with Crippen molar-refractivity contribution in [3.05, 3.63) is 29.8 Å². The summed E-state index contributed by atoms with van der Waals surface area (Å²) in [6.07, 6.45) is 3.22. The molecule has 3 rings (SSSR count). The standard InChI is InChI=1S/C20H28F2N4O4S/c21-17-5-4-16(14-18(17)22)31(29,30)23-7-6-19(27)26-12-10-24(11-13-26)15-20(28)25-8-2-1-3-9-25/h4-5,14,23H,1-3,6-13,15H2. The summed E-state index contributed by atoms with van der Waals surface area (Å²) >= 11 is 0. The van der Waals surface area contributed by atoms with Gasteiger partial charge in [-0.1, -0.05) is 0 Å². The van der Waals surface area contributed by atoms with Gasteiger partial charge in [-0.2, -0.15) is 0 Å². The number of amides is 2. The number of likely N-dealkylation sites (tertiary alicyclic amines) is 1. The van der Waals surface area contributed by atoms with E-state index < -0.39 is 26.6 Å². The lowest BCUT2D eigenvalue weighted by molar-refractivity contribution is -0.135. The number of carbonyl (C=O) groups excluding carboxylic acids is 2. The Hall–Kier alpha value is -2.11. The van der Waals surface area contributed by atoms with Crippen LogP contribution >= 0.6 is 0 Å². The lowest BCUT2D eigenvalue weighted by atomic mass is 10.1. The third-order valence-corrected chi connectivity index (χ3v) is 7.08. The number of hydrogen-bond donors (Lipinski definition) is 1. The van der Waals surface area contributed by atoms with Crippen molar-refractivity contribution < 1.29 is 26.8 Å². The molecule has 0 spiro atoms. The average molecular weight is 459 g/mol. The van der Waals surface area contributed by atoms with Crippen molar-refractivity contribution in [2.45, 2.75) is 30.6 Å². The maximum Gasteiger partial charge on any atom is 0.240 e. The maximum atomic E-state index is 13.3. The number of sulfonamides is 1. The second-order valence-corrected chi connectivity index (χ2v) is 9.59. The second kappa shape index (κ2) is 10.5. The summed E-state index contributed by atoms with van der Waals surface area (Å²) in [5.74, 6) is -2.46. The Balaban J connectivity index is 1.39. The fraction of sp³-hybridized carbons (Fsp3) is 0.600. The molecule has 0 aliphatic carbocycles. The molecule has 0 atom stereocenters. The molecule has 0 aromatic heterocycles. The van der Waals surface area contributed by atoms with E-state index in [0.29, 0.717) is 38.8 Å². The Kier molecular flexibility index (Phi) is 7.95. The molecule has 172 valence electrons. The minimum absolute atomic E-state index is 0.0460. The van der Waals surface area contributed by atoms with Gasteiger partial charge in [-0.05, 0) is 37.5 Å². The fourth-order valence-corrected chi connectivity index (χ4v) is 4.81. The van der Waals surface area contributed by atoms with Crippen LogP contribution in [0.25, 0.3) is 0 Å². The third-order valence-electron chi connectivity index (χ3n) is 5.62. The van der Waals surface area contributed by atoms with Crippen LogP contribution < -0.4 is 4.72 Å². The van der Waals surface area contributed by atoms with Crippen LogP contribution in [0.3, 0.4) is 0 Å². The van der Waals surface area contributed by atoms with E-state index >= 15 is 0 Å².